The van der Waals surface area contributed by atoms with Crippen molar-refractivity contribution in [2.24, 2.45) is 0 Å². The lowest BCUT2D eigenvalue weighted by atomic mass is 10.1. The first-order chi connectivity index (χ1) is 16.6. The molecule has 0 aromatic carbocycles. The Balaban J connectivity index is 1.46. The van der Waals surface area contributed by atoms with Crippen molar-refractivity contribution < 1.29 is 9.13 Å². The largest absolute Gasteiger partial charge is 0.232 e. The number of aromatic nitrogens is 2. The van der Waals surface area contributed by atoms with Crippen LogP contribution in [0.4, 0.5) is 0 Å². The second kappa shape index (κ2) is 18.2. The van der Waals surface area contributed by atoms with Crippen molar-refractivity contribution in [1.82, 2.24) is 0 Å². The lowest BCUT2D eigenvalue weighted by molar-refractivity contribution is -0.703. The zero-order valence-electron chi connectivity index (χ0n) is 21.7. The van der Waals surface area contributed by atoms with Crippen LogP contribution in [0.15, 0.2) is 49.1 Å². The minimum absolute atomic E-state index is 0.0779. The number of rotatable bonds is 19. The van der Waals surface area contributed by atoms with E-state index in [4.69, 9.17) is 23.2 Å². The Bertz CT molecular complexity index is 680. The predicted molar refractivity (Wildman–Crippen MR) is 146 cm³/mol. The average Bonchev–Trinajstić information content (AvgIpc) is 2.87. The van der Waals surface area contributed by atoms with Gasteiger partial charge in [0.15, 0.2) is 24.8 Å². The molecule has 0 spiro atoms. The van der Waals surface area contributed by atoms with E-state index in [0.29, 0.717) is 0 Å². The third-order valence-electron chi connectivity index (χ3n) is 6.76. The summed E-state index contributed by atoms with van der Waals surface area (Å²) in [5.41, 5.74) is 2.99. The van der Waals surface area contributed by atoms with Crippen LogP contribution < -0.4 is 9.13 Å². The van der Waals surface area contributed by atoms with E-state index in [0.717, 1.165) is 12.8 Å². The van der Waals surface area contributed by atoms with Crippen LogP contribution in [0.5, 0.6) is 0 Å². The molecule has 2 atom stereocenters. The first kappa shape index (κ1) is 29.1. The van der Waals surface area contributed by atoms with Gasteiger partial charge >= 0.3 is 0 Å². The zero-order valence-corrected chi connectivity index (χ0v) is 23.2. The lowest BCUT2D eigenvalue weighted by Gasteiger charge is -2.07. The molecule has 0 fully saturated rings. The number of halogens is 2. The van der Waals surface area contributed by atoms with Crippen LogP contribution in [0.25, 0.3) is 0 Å². The minimum atomic E-state index is 0.0779. The van der Waals surface area contributed by atoms with Crippen molar-refractivity contribution in [3.63, 3.8) is 0 Å². The van der Waals surface area contributed by atoms with Crippen molar-refractivity contribution in [3.05, 3.63) is 60.2 Å². The highest BCUT2D eigenvalue weighted by Crippen LogP contribution is 2.18. The molecule has 2 heterocycles. The molecule has 34 heavy (non-hydrogen) atoms. The van der Waals surface area contributed by atoms with E-state index in [1.165, 1.54) is 101 Å². The van der Waals surface area contributed by atoms with Gasteiger partial charge in [0, 0.05) is 37.1 Å². The van der Waals surface area contributed by atoms with Crippen LogP contribution in [-0.2, 0) is 12.8 Å². The van der Waals surface area contributed by atoms with E-state index >= 15 is 0 Å². The molecule has 2 rings (SSSR count). The minimum Gasteiger partial charge on any atom is -0.188 e. The van der Waals surface area contributed by atoms with Gasteiger partial charge in [0.05, 0.1) is 0 Å². The van der Waals surface area contributed by atoms with Gasteiger partial charge in [-0.3, -0.25) is 0 Å². The highest BCUT2D eigenvalue weighted by molar-refractivity contribution is 6.18. The predicted octanol–water partition coefficient (Wildman–Crippen LogP) is 9.02. The van der Waals surface area contributed by atoms with Crippen molar-refractivity contribution in [2.45, 2.75) is 128 Å². The van der Waals surface area contributed by atoms with Gasteiger partial charge in [-0.05, 0) is 72.9 Å². The fourth-order valence-electron chi connectivity index (χ4n) is 4.39. The summed E-state index contributed by atoms with van der Waals surface area (Å²) in [5.74, 6) is 0. The highest BCUT2D eigenvalue weighted by atomic mass is 35.5. The lowest BCUT2D eigenvalue weighted by Crippen LogP contribution is -2.35. The molecule has 0 saturated carbocycles. The fraction of sp³-hybridized carbons (Fsp3) is 0.667. The van der Waals surface area contributed by atoms with E-state index in [2.05, 4.69) is 72.0 Å². The summed E-state index contributed by atoms with van der Waals surface area (Å²) in [6, 6.07) is 8.89. The molecule has 2 nitrogen and oxygen atoms in total. The smallest absolute Gasteiger partial charge is 0.188 e. The molecular formula is C30H48Cl2N2+2. The SMILES string of the molecule is CCCCc1cc[n+](C(Cl)CCCCCCCCCCC(Cl)[n+]2ccc(CCCC)cc2)cc1. The highest BCUT2D eigenvalue weighted by Gasteiger charge is 2.15. The number of aryl methyl sites for hydroxylation is 2. The normalized spacial score (nSPS) is 13.2. The Morgan fingerprint density at radius 3 is 1.18 bits per heavy atom. The van der Waals surface area contributed by atoms with Gasteiger partial charge in [0.2, 0.25) is 11.0 Å². The standard InChI is InChI=1S/C30H48Cl2N2/c1-3-5-15-27-19-23-33(24-20-27)29(31)17-13-11-9-7-8-10-12-14-18-30(32)34-25-21-28(22-26-34)16-6-4-2/h19-26,29-30H,3-18H2,1-2H3/q+2. The number of hydrogen-bond acceptors (Lipinski definition) is 0. The Morgan fingerprint density at radius 2 is 0.853 bits per heavy atom. The first-order valence-electron chi connectivity index (χ1n) is 13.9. The topological polar surface area (TPSA) is 7.76 Å². The Morgan fingerprint density at radius 1 is 0.529 bits per heavy atom. The van der Waals surface area contributed by atoms with Gasteiger partial charge in [-0.2, -0.15) is 9.13 Å². The number of nitrogens with zero attached hydrogens (tertiary/aromatic N) is 2. The van der Waals surface area contributed by atoms with Gasteiger partial charge in [-0.15, -0.1) is 0 Å². The Labute approximate surface area is 219 Å². The van der Waals surface area contributed by atoms with Gasteiger partial charge in [-0.25, -0.2) is 0 Å². The van der Waals surface area contributed by atoms with Gasteiger partial charge in [-0.1, -0.05) is 65.2 Å². The van der Waals surface area contributed by atoms with Crippen molar-refractivity contribution in [3.8, 4) is 0 Å². The molecule has 0 radical (unpaired) electrons. The maximum atomic E-state index is 6.61. The average molecular weight is 508 g/mol. The second-order valence-electron chi connectivity index (χ2n) is 9.79. The third-order valence-corrected chi connectivity index (χ3v) is 7.65. The molecule has 190 valence electrons. The van der Waals surface area contributed by atoms with E-state index in [1.54, 1.807) is 0 Å². The molecule has 2 unspecified atom stereocenters. The van der Waals surface area contributed by atoms with Crippen LogP contribution in [0.1, 0.15) is 126 Å². The Hall–Kier alpha value is -1.12. The zero-order chi connectivity index (χ0) is 24.4. The van der Waals surface area contributed by atoms with Crippen molar-refractivity contribution in [1.29, 1.82) is 0 Å². The van der Waals surface area contributed by atoms with Gasteiger partial charge < -0.3 is 0 Å². The summed E-state index contributed by atoms with van der Waals surface area (Å²) in [6.07, 6.45) is 28.3. The summed E-state index contributed by atoms with van der Waals surface area (Å²) in [4.78, 5) is 0. The maximum absolute atomic E-state index is 6.61. The van der Waals surface area contributed by atoms with Gasteiger partial charge in [0.25, 0.3) is 0 Å². The van der Waals surface area contributed by atoms with Crippen LogP contribution in [-0.4, -0.2) is 0 Å². The monoisotopic (exact) mass is 506 g/mol. The van der Waals surface area contributed by atoms with Crippen LogP contribution in [0, 0.1) is 0 Å². The van der Waals surface area contributed by atoms with E-state index in [-0.39, 0.29) is 11.0 Å². The molecule has 0 saturated heterocycles. The van der Waals surface area contributed by atoms with E-state index in [1.807, 2.05) is 0 Å². The molecule has 2 aromatic rings. The quantitative estimate of drug-likeness (QED) is 0.102. The first-order valence-corrected chi connectivity index (χ1v) is 14.8. The maximum Gasteiger partial charge on any atom is 0.232 e. The Kier molecular flexibility index (Phi) is 15.6. The molecule has 2 aromatic heterocycles. The summed E-state index contributed by atoms with van der Waals surface area (Å²) >= 11 is 13.2. The second-order valence-corrected chi connectivity index (χ2v) is 10.8. The molecule has 0 aliphatic heterocycles. The van der Waals surface area contributed by atoms with Crippen LogP contribution in [0.2, 0.25) is 0 Å². The molecule has 0 aliphatic rings. The van der Waals surface area contributed by atoms with E-state index in [9.17, 15) is 0 Å². The number of hydrogen-bond donors (Lipinski definition) is 0. The van der Waals surface area contributed by atoms with Gasteiger partial charge in [0.1, 0.15) is 0 Å². The fourth-order valence-corrected chi connectivity index (χ4v) is 4.96. The molecule has 0 aliphatic carbocycles. The van der Waals surface area contributed by atoms with Crippen molar-refractivity contribution >= 4 is 23.2 Å². The third kappa shape index (κ3) is 12.0. The van der Waals surface area contributed by atoms with Crippen LogP contribution in [0.3, 0.4) is 0 Å². The van der Waals surface area contributed by atoms with E-state index < -0.39 is 0 Å². The molecule has 0 bridgehead atoms. The summed E-state index contributed by atoms with van der Waals surface area (Å²) < 4.78 is 4.31. The summed E-state index contributed by atoms with van der Waals surface area (Å²) in [5, 5.41) is 0. The molecule has 0 N–H and O–H groups in total. The number of unbranched alkanes of at least 4 members (excludes halogenated alkanes) is 9. The molecule has 4 heteroatoms. The molecular weight excluding hydrogens is 459 g/mol. The number of alkyl halides is 2. The summed E-state index contributed by atoms with van der Waals surface area (Å²) in [7, 11) is 0. The van der Waals surface area contributed by atoms with Crippen molar-refractivity contribution in [2.75, 3.05) is 0 Å². The summed E-state index contributed by atoms with van der Waals surface area (Å²) in [6.45, 7) is 4.48. The molecule has 0 amide bonds. The van der Waals surface area contributed by atoms with Crippen LogP contribution >= 0.6 is 23.2 Å². The number of pyridine rings is 2.